The van der Waals surface area contributed by atoms with E-state index in [1.54, 1.807) is 18.8 Å². The van der Waals surface area contributed by atoms with Gasteiger partial charge in [-0.3, -0.25) is 9.48 Å². The third kappa shape index (κ3) is 3.47. The first-order valence-corrected chi connectivity index (χ1v) is 6.50. The number of hydrogen-bond acceptors (Lipinski definition) is 4. The maximum Gasteiger partial charge on any atom is 0.237 e. The van der Waals surface area contributed by atoms with Gasteiger partial charge >= 0.3 is 0 Å². The van der Waals surface area contributed by atoms with E-state index in [2.05, 4.69) is 10.4 Å². The molecular weight excluding hydrogens is 236 g/mol. The standard InChI is InChI=1S/C11H20N4OS/c1-8-7-9(15(4)14-8)17-6-5-11(2,13-3)10(12)16/h7,13H,5-6H2,1-4H3,(H2,12,16). The molecule has 1 aromatic rings. The van der Waals surface area contributed by atoms with Gasteiger partial charge in [-0.2, -0.15) is 5.10 Å². The average molecular weight is 256 g/mol. The second kappa shape index (κ2) is 5.55. The monoisotopic (exact) mass is 256 g/mol. The first kappa shape index (κ1) is 14.1. The van der Waals surface area contributed by atoms with Gasteiger partial charge in [0.25, 0.3) is 0 Å². The molecule has 0 saturated carbocycles. The van der Waals surface area contributed by atoms with Crippen LogP contribution < -0.4 is 11.1 Å². The Labute approximate surface area is 106 Å². The number of aryl methyl sites for hydroxylation is 2. The Hall–Kier alpha value is -1.01. The van der Waals surface area contributed by atoms with Crippen LogP contribution >= 0.6 is 11.8 Å². The highest BCUT2D eigenvalue weighted by molar-refractivity contribution is 7.99. The summed E-state index contributed by atoms with van der Waals surface area (Å²) in [5.41, 5.74) is 5.73. The smallest absolute Gasteiger partial charge is 0.237 e. The van der Waals surface area contributed by atoms with Crippen molar-refractivity contribution in [3.8, 4) is 0 Å². The van der Waals surface area contributed by atoms with Crippen molar-refractivity contribution in [2.75, 3.05) is 12.8 Å². The van der Waals surface area contributed by atoms with Crippen molar-refractivity contribution in [1.29, 1.82) is 0 Å². The molecule has 0 aliphatic heterocycles. The molecule has 17 heavy (non-hydrogen) atoms. The lowest BCUT2D eigenvalue weighted by Crippen LogP contribution is -2.51. The van der Waals surface area contributed by atoms with Gasteiger partial charge in [0, 0.05) is 12.8 Å². The molecule has 0 fully saturated rings. The molecule has 1 rings (SSSR count). The second-order valence-electron chi connectivity index (χ2n) is 4.29. The number of thioether (sulfide) groups is 1. The van der Waals surface area contributed by atoms with Crippen molar-refractivity contribution in [3.05, 3.63) is 11.8 Å². The van der Waals surface area contributed by atoms with Crippen LogP contribution in [0.15, 0.2) is 11.1 Å². The number of nitrogens with two attached hydrogens (primary N) is 1. The molecule has 1 aromatic heterocycles. The van der Waals surface area contributed by atoms with E-state index >= 15 is 0 Å². The molecule has 5 nitrogen and oxygen atoms in total. The number of rotatable bonds is 6. The lowest BCUT2D eigenvalue weighted by molar-refractivity contribution is -0.123. The zero-order chi connectivity index (χ0) is 13.1. The lowest BCUT2D eigenvalue weighted by Gasteiger charge is -2.24. The van der Waals surface area contributed by atoms with Crippen LogP contribution in [0.25, 0.3) is 0 Å². The molecule has 1 unspecified atom stereocenters. The van der Waals surface area contributed by atoms with E-state index in [-0.39, 0.29) is 5.91 Å². The molecule has 0 saturated heterocycles. The summed E-state index contributed by atoms with van der Waals surface area (Å²) >= 11 is 1.68. The van der Waals surface area contributed by atoms with Crippen LogP contribution in [-0.4, -0.2) is 34.0 Å². The second-order valence-corrected chi connectivity index (χ2v) is 5.41. The fourth-order valence-electron chi connectivity index (χ4n) is 1.45. The maximum atomic E-state index is 11.3. The molecule has 3 N–H and O–H groups in total. The zero-order valence-electron chi connectivity index (χ0n) is 10.8. The van der Waals surface area contributed by atoms with Gasteiger partial charge in [0.15, 0.2) is 0 Å². The van der Waals surface area contributed by atoms with Crippen LogP contribution in [0.3, 0.4) is 0 Å². The first-order valence-electron chi connectivity index (χ1n) is 5.51. The van der Waals surface area contributed by atoms with Gasteiger partial charge in [-0.15, -0.1) is 11.8 Å². The summed E-state index contributed by atoms with van der Waals surface area (Å²) < 4.78 is 1.85. The molecule has 1 atom stereocenters. The molecule has 0 bridgehead atoms. The van der Waals surface area contributed by atoms with Crippen molar-refractivity contribution in [1.82, 2.24) is 15.1 Å². The minimum absolute atomic E-state index is 0.318. The quantitative estimate of drug-likeness (QED) is 0.734. The average Bonchev–Trinajstić information content (AvgIpc) is 2.57. The Bertz CT molecular complexity index is 404. The van der Waals surface area contributed by atoms with Crippen molar-refractivity contribution in [3.63, 3.8) is 0 Å². The van der Waals surface area contributed by atoms with E-state index < -0.39 is 5.54 Å². The fourth-order valence-corrected chi connectivity index (χ4v) is 2.65. The molecular formula is C11H20N4OS. The van der Waals surface area contributed by atoms with E-state index in [1.165, 1.54) is 0 Å². The van der Waals surface area contributed by atoms with Gasteiger partial charge in [-0.25, -0.2) is 0 Å². The van der Waals surface area contributed by atoms with Gasteiger partial charge in [-0.05, 0) is 33.4 Å². The summed E-state index contributed by atoms with van der Waals surface area (Å²) in [7, 11) is 3.67. The number of hydrogen-bond donors (Lipinski definition) is 2. The Morgan fingerprint density at radius 2 is 2.35 bits per heavy atom. The summed E-state index contributed by atoms with van der Waals surface area (Å²) in [4.78, 5) is 11.3. The van der Waals surface area contributed by atoms with Crippen molar-refractivity contribution in [2.45, 2.75) is 30.8 Å². The Balaban J connectivity index is 2.52. The molecule has 0 aliphatic carbocycles. The first-order chi connectivity index (χ1) is 7.89. The highest BCUT2D eigenvalue weighted by atomic mass is 32.2. The fraction of sp³-hybridized carbons (Fsp3) is 0.636. The van der Waals surface area contributed by atoms with E-state index in [0.29, 0.717) is 6.42 Å². The van der Waals surface area contributed by atoms with Crippen molar-refractivity contribution >= 4 is 17.7 Å². The molecule has 0 radical (unpaired) electrons. The van der Waals surface area contributed by atoms with Gasteiger partial charge in [0.1, 0.15) is 0 Å². The van der Waals surface area contributed by atoms with Crippen LogP contribution in [0, 0.1) is 6.92 Å². The van der Waals surface area contributed by atoms with E-state index in [1.807, 2.05) is 31.6 Å². The zero-order valence-corrected chi connectivity index (χ0v) is 11.6. The number of carbonyl (C=O) groups is 1. The van der Waals surface area contributed by atoms with Gasteiger partial charge in [0.2, 0.25) is 5.91 Å². The van der Waals surface area contributed by atoms with Crippen molar-refractivity contribution < 1.29 is 4.79 Å². The molecule has 0 aliphatic rings. The lowest BCUT2D eigenvalue weighted by atomic mass is 9.99. The summed E-state index contributed by atoms with van der Waals surface area (Å²) in [6.45, 7) is 3.79. The van der Waals surface area contributed by atoms with E-state index in [9.17, 15) is 4.79 Å². The van der Waals surface area contributed by atoms with E-state index in [0.717, 1.165) is 16.5 Å². The Kier molecular flexibility index (Phi) is 4.59. The van der Waals surface area contributed by atoms with Gasteiger partial charge in [-0.1, -0.05) is 0 Å². The van der Waals surface area contributed by atoms with Gasteiger partial charge < -0.3 is 11.1 Å². The maximum absolute atomic E-state index is 11.3. The van der Waals surface area contributed by atoms with Crippen molar-refractivity contribution in [2.24, 2.45) is 12.8 Å². The number of carbonyl (C=O) groups excluding carboxylic acids is 1. The molecule has 1 heterocycles. The predicted molar refractivity (Wildman–Crippen MR) is 69.9 cm³/mol. The highest BCUT2D eigenvalue weighted by Crippen LogP contribution is 2.22. The van der Waals surface area contributed by atoms with Crippen LogP contribution in [0.5, 0.6) is 0 Å². The van der Waals surface area contributed by atoms with Crippen LogP contribution in [0.1, 0.15) is 19.0 Å². The molecule has 0 aromatic carbocycles. The number of amides is 1. The predicted octanol–water partition coefficient (Wildman–Crippen LogP) is 0.674. The Morgan fingerprint density at radius 1 is 1.71 bits per heavy atom. The number of primary amides is 1. The van der Waals surface area contributed by atoms with E-state index in [4.69, 9.17) is 5.73 Å². The van der Waals surface area contributed by atoms with Crippen LogP contribution in [-0.2, 0) is 11.8 Å². The molecule has 0 spiro atoms. The van der Waals surface area contributed by atoms with Gasteiger partial charge in [0.05, 0.1) is 16.3 Å². The van der Waals surface area contributed by atoms with Crippen LogP contribution in [0.2, 0.25) is 0 Å². The number of nitrogens with one attached hydrogen (secondary N) is 1. The topological polar surface area (TPSA) is 72.9 Å². The summed E-state index contributed by atoms with van der Waals surface area (Å²) in [6.07, 6.45) is 0.688. The molecule has 96 valence electrons. The summed E-state index contributed by atoms with van der Waals surface area (Å²) in [6, 6.07) is 2.03. The third-order valence-corrected chi connectivity index (χ3v) is 3.99. The molecule has 6 heteroatoms. The number of likely N-dealkylation sites (N-methyl/N-ethyl adjacent to an activating group) is 1. The third-order valence-electron chi connectivity index (χ3n) is 2.91. The highest BCUT2D eigenvalue weighted by Gasteiger charge is 2.28. The normalized spacial score (nSPS) is 14.6. The van der Waals surface area contributed by atoms with Crippen LogP contribution in [0.4, 0.5) is 0 Å². The Morgan fingerprint density at radius 3 is 2.76 bits per heavy atom. The minimum atomic E-state index is -0.638. The largest absolute Gasteiger partial charge is 0.368 e. The summed E-state index contributed by atoms with van der Waals surface area (Å²) in [5, 5.41) is 8.35. The SMILES string of the molecule is CNC(C)(CCSc1cc(C)nn1C)C(N)=O. The summed E-state index contributed by atoms with van der Waals surface area (Å²) in [5.74, 6) is 0.501. The molecule has 1 amide bonds. The number of nitrogens with zero attached hydrogens (tertiary/aromatic N) is 2. The number of aromatic nitrogens is 2. The minimum Gasteiger partial charge on any atom is -0.368 e.